The predicted octanol–water partition coefficient (Wildman–Crippen LogP) is 3.69. The normalized spacial score (nSPS) is 46.7. The van der Waals surface area contributed by atoms with E-state index in [0.717, 1.165) is 31.3 Å². The molecule has 0 aromatic carbocycles. The van der Waals surface area contributed by atoms with Crippen molar-refractivity contribution in [3.05, 3.63) is 11.6 Å². The van der Waals surface area contributed by atoms with Crippen molar-refractivity contribution >= 4 is 11.6 Å². The van der Waals surface area contributed by atoms with Crippen molar-refractivity contribution in [1.82, 2.24) is 0 Å². The van der Waals surface area contributed by atoms with Gasteiger partial charge in [-0.2, -0.15) is 0 Å². The Labute approximate surface area is 139 Å². The monoisotopic (exact) mass is 318 g/mol. The zero-order valence-electron chi connectivity index (χ0n) is 14.9. The highest BCUT2D eigenvalue weighted by Crippen LogP contribution is 2.60. The van der Waals surface area contributed by atoms with Gasteiger partial charge in [0, 0.05) is 17.8 Å². The largest absolute Gasteiger partial charge is 0.393 e. The van der Waals surface area contributed by atoms with Crippen molar-refractivity contribution < 1.29 is 14.7 Å². The van der Waals surface area contributed by atoms with E-state index in [1.165, 1.54) is 0 Å². The van der Waals surface area contributed by atoms with Gasteiger partial charge in [0.05, 0.1) is 6.10 Å². The van der Waals surface area contributed by atoms with Crippen LogP contribution in [0.2, 0.25) is 0 Å². The summed E-state index contributed by atoms with van der Waals surface area (Å²) in [5.74, 6) is 0.889. The standard InChI is InChI=1S/C20H30O3/c1-5-17(23)19(3)9-7-15-18(12(19)2)16(22)11-13-10-14(21)6-8-20(13,15)4/h11-12,14-15,18,21H,5-10H2,1-4H3/t12?,14-,15?,18?,19-,20-/m0/s1. The smallest absolute Gasteiger partial charge is 0.159 e. The number of aliphatic hydroxyl groups is 1. The molecule has 2 saturated carbocycles. The summed E-state index contributed by atoms with van der Waals surface area (Å²) >= 11 is 0. The van der Waals surface area contributed by atoms with E-state index in [4.69, 9.17) is 0 Å². The highest BCUT2D eigenvalue weighted by atomic mass is 16.3. The van der Waals surface area contributed by atoms with Gasteiger partial charge in [0.25, 0.3) is 0 Å². The molecule has 6 atom stereocenters. The molecule has 0 spiro atoms. The molecule has 0 heterocycles. The highest BCUT2D eigenvalue weighted by molar-refractivity contribution is 5.95. The number of fused-ring (bicyclic) bond motifs is 3. The first-order valence-corrected chi connectivity index (χ1v) is 9.20. The molecule has 0 saturated heterocycles. The Balaban J connectivity index is 1.99. The summed E-state index contributed by atoms with van der Waals surface area (Å²) in [5, 5.41) is 9.99. The van der Waals surface area contributed by atoms with Crippen molar-refractivity contribution in [3.8, 4) is 0 Å². The first-order chi connectivity index (χ1) is 10.7. The molecule has 0 radical (unpaired) electrons. The Bertz CT molecular complexity index is 563. The summed E-state index contributed by atoms with van der Waals surface area (Å²) in [6.07, 6.45) is 6.34. The van der Waals surface area contributed by atoms with E-state index in [0.29, 0.717) is 24.5 Å². The number of carbonyl (C=O) groups excluding carboxylic acids is 2. The van der Waals surface area contributed by atoms with E-state index >= 15 is 0 Å². The van der Waals surface area contributed by atoms with E-state index < -0.39 is 0 Å². The van der Waals surface area contributed by atoms with Crippen LogP contribution in [0.15, 0.2) is 11.6 Å². The van der Waals surface area contributed by atoms with Crippen LogP contribution in [-0.2, 0) is 9.59 Å². The van der Waals surface area contributed by atoms with Gasteiger partial charge in [-0.15, -0.1) is 0 Å². The first-order valence-electron chi connectivity index (χ1n) is 9.20. The molecule has 128 valence electrons. The molecule has 3 aliphatic rings. The third kappa shape index (κ3) is 2.34. The van der Waals surface area contributed by atoms with Crippen molar-refractivity contribution in [2.24, 2.45) is 28.6 Å². The summed E-state index contributed by atoms with van der Waals surface area (Å²) in [4.78, 5) is 25.4. The average molecular weight is 318 g/mol. The van der Waals surface area contributed by atoms with Gasteiger partial charge in [-0.05, 0) is 55.4 Å². The summed E-state index contributed by atoms with van der Waals surface area (Å²) in [6.45, 7) is 8.39. The second-order valence-corrected chi connectivity index (χ2v) is 8.54. The SMILES string of the molecule is CCC(=O)[C@@]1(C)CCC2C(C(=O)C=C3C[C@@H](O)CC[C@@]32C)C1C. The maximum absolute atomic E-state index is 12.9. The molecule has 3 aliphatic carbocycles. The number of ketones is 2. The molecular formula is C20H30O3. The quantitative estimate of drug-likeness (QED) is 0.844. The van der Waals surface area contributed by atoms with E-state index in [1.807, 2.05) is 13.0 Å². The molecular weight excluding hydrogens is 288 g/mol. The lowest BCUT2D eigenvalue weighted by atomic mass is 9.47. The van der Waals surface area contributed by atoms with Crippen LogP contribution in [0.4, 0.5) is 0 Å². The van der Waals surface area contributed by atoms with Crippen molar-refractivity contribution in [2.45, 2.75) is 72.3 Å². The van der Waals surface area contributed by atoms with Gasteiger partial charge in [-0.1, -0.05) is 33.3 Å². The minimum absolute atomic E-state index is 0.0304. The molecule has 0 aromatic rings. The van der Waals surface area contributed by atoms with Crippen LogP contribution >= 0.6 is 0 Å². The third-order valence-corrected chi connectivity index (χ3v) is 7.56. The molecule has 1 N–H and O–H groups in total. The van der Waals surface area contributed by atoms with Gasteiger partial charge in [0.15, 0.2) is 5.78 Å². The molecule has 3 nitrogen and oxygen atoms in total. The van der Waals surface area contributed by atoms with E-state index in [-0.39, 0.29) is 34.6 Å². The topological polar surface area (TPSA) is 54.4 Å². The first kappa shape index (κ1) is 16.9. The van der Waals surface area contributed by atoms with Crippen LogP contribution < -0.4 is 0 Å². The van der Waals surface area contributed by atoms with Crippen LogP contribution in [0, 0.1) is 28.6 Å². The van der Waals surface area contributed by atoms with Crippen molar-refractivity contribution in [1.29, 1.82) is 0 Å². The van der Waals surface area contributed by atoms with Gasteiger partial charge in [-0.3, -0.25) is 9.59 Å². The molecule has 0 amide bonds. The van der Waals surface area contributed by atoms with Gasteiger partial charge >= 0.3 is 0 Å². The lowest BCUT2D eigenvalue weighted by Crippen LogP contribution is -2.54. The van der Waals surface area contributed by atoms with Crippen molar-refractivity contribution in [3.63, 3.8) is 0 Å². The Kier molecular flexibility index (Phi) is 4.07. The van der Waals surface area contributed by atoms with Crippen LogP contribution in [0.5, 0.6) is 0 Å². The zero-order valence-corrected chi connectivity index (χ0v) is 14.9. The number of hydrogen-bond acceptors (Lipinski definition) is 3. The average Bonchev–Trinajstić information content (AvgIpc) is 2.51. The molecule has 23 heavy (non-hydrogen) atoms. The zero-order chi connectivity index (χ0) is 17.0. The molecule has 3 heteroatoms. The molecule has 0 bridgehead atoms. The number of rotatable bonds is 2. The summed E-state index contributed by atoms with van der Waals surface area (Å²) in [7, 11) is 0. The lowest BCUT2D eigenvalue weighted by molar-refractivity contribution is -0.145. The van der Waals surface area contributed by atoms with E-state index in [2.05, 4.69) is 20.8 Å². The second kappa shape index (κ2) is 5.54. The molecule has 2 fully saturated rings. The van der Waals surface area contributed by atoms with Crippen LogP contribution in [0.3, 0.4) is 0 Å². The fraction of sp³-hybridized carbons (Fsp3) is 0.800. The summed E-state index contributed by atoms with van der Waals surface area (Å²) in [5.41, 5.74) is 0.824. The fourth-order valence-electron chi connectivity index (χ4n) is 5.70. The van der Waals surface area contributed by atoms with Crippen molar-refractivity contribution in [2.75, 3.05) is 0 Å². The number of allylic oxidation sites excluding steroid dienone is 1. The molecule has 3 unspecified atom stereocenters. The third-order valence-electron chi connectivity index (χ3n) is 7.56. The predicted molar refractivity (Wildman–Crippen MR) is 89.8 cm³/mol. The molecule has 0 aliphatic heterocycles. The molecule has 0 aromatic heterocycles. The van der Waals surface area contributed by atoms with E-state index in [9.17, 15) is 14.7 Å². The molecule has 3 rings (SSSR count). The maximum atomic E-state index is 12.9. The Morgan fingerprint density at radius 2 is 2.00 bits per heavy atom. The Hall–Kier alpha value is -0.960. The highest BCUT2D eigenvalue weighted by Gasteiger charge is 2.57. The van der Waals surface area contributed by atoms with Gasteiger partial charge in [0.2, 0.25) is 0 Å². The maximum Gasteiger partial charge on any atom is 0.159 e. The summed E-state index contributed by atoms with van der Waals surface area (Å²) < 4.78 is 0. The second-order valence-electron chi connectivity index (χ2n) is 8.54. The van der Waals surface area contributed by atoms with Crippen LogP contribution in [0.25, 0.3) is 0 Å². The lowest BCUT2D eigenvalue weighted by Gasteiger charge is -2.56. The van der Waals surface area contributed by atoms with Crippen LogP contribution in [0.1, 0.15) is 66.2 Å². The minimum atomic E-state index is -0.360. The number of aliphatic hydroxyl groups excluding tert-OH is 1. The fourth-order valence-corrected chi connectivity index (χ4v) is 5.70. The van der Waals surface area contributed by atoms with Gasteiger partial charge < -0.3 is 5.11 Å². The van der Waals surface area contributed by atoms with Crippen LogP contribution in [-0.4, -0.2) is 22.8 Å². The summed E-state index contributed by atoms with van der Waals surface area (Å²) in [6, 6.07) is 0. The Morgan fingerprint density at radius 3 is 2.65 bits per heavy atom. The number of Topliss-reactive ketones (excluding diaryl/α,β-unsaturated/α-hetero) is 1. The number of hydrogen-bond donors (Lipinski definition) is 1. The Morgan fingerprint density at radius 1 is 1.30 bits per heavy atom. The van der Waals surface area contributed by atoms with E-state index in [1.54, 1.807) is 0 Å². The number of carbonyl (C=O) groups is 2. The van der Waals surface area contributed by atoms with Gasteiger partial charge in [-0.25, -0.2) is 0 Å². The minimum Gasteiger partial charge on any atom is -0.393 e. The van der Waals surface area contributed by atoms with Gasteiger partial charge in [0.1, 0.15) is 5.78 Å².